The second-order valence-electron chi connectivity index (χ2n) is 6.03. The summed E-state index contributed by atoms with van der Waals surface area (Å²) in [5.41, 5.74) is 0.383. The van der Waals surface area contributed by atoms with E-state index in [1.807, 2.05) is 25.1 Å². The van der Waals surface area contributed by atoms with Gasteiger partial charge < -0.3 is 10.4 Å². The van der Waals surface area contributed by atoms with Gasteiger partial charge in [0.1, 0.15) is 0 Å². The van der Waals surface area contributed by atoms with Gasteiger partial charge in [-0.2, -0.15) is 0 Å². The molecule has 0 saturated heterocycles. The molecule has 0 aromatic heterocycles. The SMILES string of the molecule is Cc1ccc(/C=C/C(=O)NC(C)(C)C(C)(C)O)c(Br)c1. The number of aryl methyl sites for hydroxylation is 1. The van der Waals surface area contributed by atoms with Crippen molar-refractivity contribution in [1.29, 1.82) is 0 Å². The molecule has 4 heteroatoms. The minimum Gasteiger partial charge on any atom is -0.388 e. The van der Waals surface area contributed by atoms with Crippen molar-refractivity contribution < 1.29 is 9.90 Å². The van der Waals surface area contributed by atoms with Gasteiger partial charge in [-0.3, -0.25) is 4.79 Å². The molecule has 0 spiro atoms. The minimum absolute atomic E-state index is 0.232. The Balaban J connectivity index is 2.79. The van der Waals surface area contributed by atoms with Crippen LogP contribution < -0.4 is 5.32 Å². The Bertz CT molecular complexity index is 528. The van der Waals surface area contributed by atoms with Crippen LogP contribution in [0.1, 0.15) is 38.8 Å². The summed E-state index contributed by atoms with van der Waals surface area (Å²) in [5, 5.41) is 12.8. The number of amides is 1. The van der Waals surface area contributed by atoms with Crippen molar-refractivity contribution in [3.05, 3.63) is 39.9 Å². The van der Waals surface area contributed by atoms with E-state index < -0.39 is 11.1 Å². The average Bonchev–Trinajstić information content (AvgIpc) is 2.25. The molecule has 110 valence electrons. The van der Waals surface area contributed by atoms with E-state index in [1.165, 1.54) is 6.08 Å². The lowest BCUT2D eigenvalue weighted by atomic mass is 9.86. The van der Waals surface area contributed by atoms with E-state index in [0.717, 1.165) is 15.6 Å². The molecular weight excluding hydrogens is 318 g/mol. The largest absolute Gasteiger partial charge is 0.388 e. The summed E-state index contributed by atoms with van der Waals surface area (Å²) in [6.45, 7) is 8.94. The lowest BCUT2D eigenvalue weighted by molar-refractivity contribution is -0.121. The van der Waals surface area contributed by atoms with E-state index in [1.54, 1.807) is 33.8 Å². The number of hydrogen-bond donors (Lipinski definition) is 2. The molecule has 0 heterocycles. The molecule has 20 heavy (non-hydrogen) atoms. The van der Waals surface area contributed by atoms with E-state index in [-0.39, 0.29) is 5.91 Å². The van der Waals surface area contributed by atoms with Gasteiger partial charge in [0.25, 0.3) is 0 Å². The minimum atomic E-state index is -0.999. The number of rotatable bonds is 4. The van der Waals surface area contributed by atoms with Crippen LogP contribution in [0.5, 0.6) is 0 Å². The van der Waals surface area contributed by atoms with Crippen LogP contribution in [0.4, 0.5) is 0 Å². The van der Waals surface area contributed by atoms with Gasteiger partial charge in [-0.15, -0.1) is 0 Å². The van der Waals surface area contributed by atoms with E-state index in [0.29, 0.717) is 0 Å². The molecule has 0 aliphatic carbocycles. The van der Waals surface area contributed by atoms with Crippen LogP contribution >= 0.6 is 15.9 Å². The molecule has 3 nitrogen and oxygen atoms in total. The van der Waals surface area contributed by atoms with Crippen LogP contribution in [-0.2, 0) is 4.79 Å². The number of nitrogens with one attached hydrogen (secondary N) is 1. The number of carbonyl (C=O) groups excluding carboxylic acids is 1. The highest BCUT2D eigenvalue weighted by molar-refractivity contribution is 9.10. The van der Waals surface area contributed by atoms with Crippen LogP contribution in [0.25, 0.3) is 6.08 Å². The first-order valence-electron chi connectivity index (χ1n) is 6.52. The molecule has 1 aromatic rings. The Hall–Kier alpha value is -1.13. The highest BCUT2D eigenvalue weighted by Crippen LogP contribution is 2.21. The fourth-order valence-corrected chi connectivity index (χ4v) is 2.06. The summed E-state index contributed by atoms with van der Waals surface area (Å²) in [7, 11) is 0. The van der Waals surface area contributed by atoms with Crippen molar-refractivity contribution in [2.75, 3.05) is 0 Å². The smallest absolute Gasteiger partial charge is 0.244 e. The van der Waals surface area contributed by atoms with Crippen LogP contribution in [0.3, 0.4) is 0 Å². The third-order valence-electron chi connectivity index (χ3n) is 3.54. The van der Waals surface area contributed by atoms with Gasteiger partial charge in [0.2, 0.25) is 5.91 Å². The van der Waals surface area contributed by atoms with Gasteiger partial charge >= 0.3 is 0 Å². The Labute approximate surface area is 129 Å². The first kappa shape index (κ1) is 16.9. The molecule has 1 rings (SSSR count). The summed E-state index contributed by atoms with van der Waals surface area (Å²) >= 11 is 3.47. The van der Waals surface area contributed by atoms with Crippen molar-refractivity contribution in [3.8, 4) is 0 Å². The Kier molecular flexibility index (Phi) is 5.16. The molecule has 1 amide bonds. The molecule has 0 unspecified atom stereocenters. The van der Waals surface area contributed by atoms with Gasteiger partial charge in [0, 0.05) is 10.5 Å². The van der Waals surface area contributed by atoms with E-state index >= 15 is 0 Å². The number of aliphatic hydroxyl groups is 1. The number of benzene rings is 1. The summed E-state index contributed by atoms with van der Waals surface area (Å²) in [5.74, 6) is -0.232. The Morgan fingerprint density at radius 2 is 1.90 bits per heavy atom. The summed E-state index contributed by atoms with van der Waals surface area (Å²) in [6.07, 6.45) is 3.22. The predicted molar refractivity (Wildman–Crippen MR) is 86.4 cm³/mol. The average molecular weight is 340 g/mol. The zero-order chi connectivity index (χ0) is 15.6. The van der Waals surface area contributed by atoms with Crippen molar-refractivity contribution in [2.45, 2.75) is 45.8 Å². The van der Waals surface area contributed by atoms with Crippen molar-refractivity contribution in [3.63, 3.8) is 0 Å². The highest BCUT2D eigenvalue weighted by Gasteiger charge is 2.35. The van der Waals surface area contributed by atoms with Gasteiger partial charge in [0.05, 0.1) is 11.1 Å². The maximum absolute atomic E-state index is 11.9. The van der Waals surface area contributed by atoms with E-state index in [4.69, 9.17) is 0 Å². The summed E-state index contributed by atoms with van der Waals surface area (Å²) in [4.78, 5) is 11.9. The Morgan fingerprint density at radius 3 is 2.40 bits per heavy atom. The maximum Gasteiger partial charge on any atom is 0.244 e. The zero-order valence-electron chi connectivity index (χ0n) is 12.6. The molecule has 0 fully saturated rings. The molecule has 2 N–H and O–H groups in total. The quantitative estimate of drug-likeness (QED) is 0.825. The third-order valence-corrected chi connectivity index (χ3v) is 4.22. The lowest BCUT2D eigenvalue weighted by Crippen LogP contribution is -2.57. The van der Waals surface area contributed by atoms with E-state index in [2.05, 4.69) is 21.2 Å². The number of hydrogen-bond acceptors (Lipinski definition) is 2. The predicted octanol–water partition coefficient (Wildman–Crippen LogP) is 3.44. The Morgan fingerprint density at radius 1 is 1.30 bits per heavy atom. The lowest BCUT2D eigenvalue weighted by Gasteiger charge is -2.37. The van der Waals surface area contributed by atoms with Crippen LogP contribution in [-0.4, -0.2) is 22.2 Å². The van der Waals surface area contributed by atoms with Gasteiger partial charge in [-0.1, -0.05) is 28.1 Å². The van der Waals surface area contributed by atoms with Crippen molar-refractivity contribution in [2.24, 2.45) is 0 Å². The summed E-state index contributed by atoms with van der Waals surface area (Å²) in [6, 6.07) is 5.94. The van der Waals surface area contributed by atoms with Gasteiger partial charge in [0.15, 0.2) is 0 Å². The topological polar surface area (TPSA) is 49.3 Å². The van der Waals surface area contributed by atoms with Crippen LogP contribution in [0.15, 0.2) is 28.7 Å². The molecule has 0 aliphatic rings. The molecule has 1 aromatic carbocycles. The molecule has 0 bridgehead atoms. The second kappa shape index (κ2) is 6.10. The van der Waals surface area contributed by atoms with Crippen molar-refractivity contribution in [1.82, 2.24) is 5.32 Å². The molecule has 0 aliphatic heterocycles. The first-order valence-corrected chi connectivity index (χ1v) is 7.31. The van der Waals surface area contributed by atoms with Gasteiger partial charge in [-0.05, 0) is 57.9 Å². The van der Waals surface area contributed by atoms with E-state index in [9.17, 15) is 9.90 Å². The normalized spacial score (nSPS) is 12.8. The fraction of sp³-hybridized carbons (Fsp3) is 0.438. The van der Waals surface area contributed by atoms with Crippen LogP contribution in [0.2, 0.25) is 0 Å². The number of carbonyl (C=O) groups is 1. The maximum atomic E-state index is 11.9. The number of halogens is 1. The molecule has 0 atom stereocenters. The zero-order valence-corrected chi connectivity index (χ0v) is 14.2. The summed E-state index contributed by atoms with van der Waals surface area (Å²) < 4.78 is 0.947. The van der Waals surface area contributed by atoms with Crippen LogP contribution in [0, 0.1) is 6.92 Å². The van der Waals surface area contributed by atoms with Gasteiger partial charge in [-0.25, -0.2) is 0 Å². The monoisotopic (exact) mass is 339 g/mol. The molecular formula is C16H22BrNO2. The second-order valence-corrected chi connectivity index (χ2v) is 6.89. The highest BCUT2D eigenvalue weighted by atomic mass is 79.9. The first-order chi connectivity index (χ1) is 9.03. The standard InChI is InChI=1S/C16H22BrNO2/c1-11-6-7-12(13(17)10-11)8-9-14(19)18-15(2,3)16(4,5)20/h6-10,20H,1-5H3,(H,18,19)/b9-8+. The molecule has 0 radical (unpaired) electrons. The van der Waals surface area contributed by atoms with Crippen molar-refractivity contribution >= 4 is 27.9 Å². The third kappa shape index (κ3) is 4.46. The molecule has 0 saturated carbocycles. The fourth-order valence-electron chi connectivity index (χ4n) is 1.44.